The van der Waals surface area contributed by atoms with Gasteiger partial charge < -0.3 is 20.5 Å². The van der Waals surface area contributed by atoms with E-state index in [9.17, 15) is 4.79 Å². The largest absolute Gasteiger partial charge is 0.380 e. The molecule has 1 saturated carbocycles. The van der Waals surface area contributed by atoms with Gasteiger partial charge in [0.05, 0.1) is 12.2 Å². The Morgan fingerprint density at radius 2 is 2.17 bits per heavy atom. The molecule has 3 atom stereocenters. The molecule has 0 bridgehead atoms. The fourth-order valence-corrected chi connectivity index (χ4v) is 2.30. The van der Waals surface area contributed by atoms with Crippen LogP contribution in [0, 0.1) is 5.41 Å². The van der Waals surface area contributed by atoms with Crippen molar-refractivity contribution < 1.29 is 14.3 Å². The van der Waals surface area contributed by atoms with Crippen LogP contribution in [0.3, 0.4) is 0 Å². The fraction of sp³-hybridized carbons (Fsp3) is 0.923. The third kappa shape index (κ3) is 2.53. The zero-order valence-corrected chi connectivity index (χ0v) is 12.1. The first kappa shape index (κ1) is 15.4. The zero-order chi connectivity index (χ0) is 14.0. The molecule has 1 fully saturated rings. The highest BCUT2D eigenvalue weighted by Gasteiger charge is 2.62. The Labute approximate surface area is 109 Å². The number of hydrogen-bond donors (Lipinski definition) is 2. The number of hydrogen-bond acceptors (Lipinski definition) is 4. The minimum Gasteiger partial charge on any atom is -0.380 e. The average Bonchev–Trinajstić information content (AvgIpc) is 2.34. The van der Waals surface area contributed by atoms with Gasteiger partial charge >= 0.3 is 0 Å². The van der Waals surface area contributed by atoms with Crippen molar-refractivity contribution in [2.24, 2.45) is 11.1 Å². The van der Waals surface area contributed by atoms with Crippen molar-refractivity contribution in [2.45, 2.75) is 51.9 Å². The molecule has 1 aliphatic rings. The van der Waals surface area contributed by atoms with Gasteiger partial charge in [-0.1, -0.05) is 13.8 Å². The van der Waals surface area contributed by atoms with Gasteiger partial charge in [-0.15, -0.1) is 0 Å². The molecule has 0 aliphatic heterocycles. The fourth-order valence-electron chi connectivity index (χ4n) is 2.30. The molecule has 0 aromatic rings. The number of nitrogens with one attached hydrogen (secondary N) is 1. The summed E-state index contributed by atoms with van der Waals surface area (Å²) in [6.45, 7) is 8.94. The summed E-state index contributed by atoms with van der Waals surface area (Å²) in [5.41, 5.74) is 5.05. The van der Waals surface area contributed by atoms with E-state index in [2.05, 4.69) is 5.32 Å². The van der Waals surface area contributed by atoms with Gasteiger partial charge in [-0.25, -0.2) is 0 Å². The number of amides is 1. The first-order valence-corrected chi connectivity index (χ1v) is 6.51. The maximum Gasteiger partial charge on any atom is 0.240 e. The minimum atomic E-state index is -0.847. The van der Waals surface area contributed by atoms with Crippen LogP contribution in [-0.2, 0) is 14.3 Å². The summed E-state index contributed by atoms with van der Waals surface area (Å²) < 4.78 is 10.7. The van der Waals surface area contributed by atoms with E-state index in [4.69, 9.17) is 15.2 Å². The molecular formula is C13H26N2O3. The molecule has 1 rings (SSSR count). The Morgan fingerprint density at radius 3 is 2.61 bits per heavy atom. The first-order valence-electron chi connectivity index (χ1n) is 6.51. The van der Waals surface area contributed by atoms with Crippen molar-refractivity contribution in [3.8, 4) is 0 Å². The molecule has 0 saturated heterocycles. The highest BCUT2D eigenvalue weighted by Crippen LogP contribution is 2.49. The van der Waals surface area contributed by atoms with E-state index < -0.39 is 5.54 Å². The lowest BCUT2D eigenvalue weighted by atomic mass is 9.54. The van der Waals surface area contributed by atoms with Crippen molar-refractivity contribution in [1.82, 2.24) is 5.32 Å². The number of carbonyl (C=O) groups excluding carboxylic acids is 1. The maximum absolute atomic E-state index is 12.2. The Morgan fingerprint density at radius 1 is 1.56 bits per heavy atom. The molecule has 1 aliphatic carbocycles. The minimum absolute atomic E-state index is 0.0107. The molecule has 0 heterocycles. The first-order chi connectivity index (χ1) is 8.29. The van der Waals surface area contributed by atoms with E-state index in [-0.39, 0.29) is 23.5 Å². The summed E-state index contributed by atoms with van der Waals surface area (Å²) in [5.74, 6) is -0.118. The van der Waals surface area contributed by atoms with Gasteiger partial charge in [0.1, 0.15) is 5.54 Å². The van der Waals surface area contributed by atoms with Crippen LogP contribution in [0.15, 0.2) is 0 Å². The highest BCUT2D eigenvalue weighted by atomic mass is 16.5. The topological polar surface area (TPSA) is 73.6 Å². The number of methoxy groups -OCH3 is 1. The normalized spacial score (nSPS) is 31.6. The van der Waals surface area contributed by atoms with Crippen LogP contribution < -0.4 is 11.1 Å². The van der Waals surface area contributed by atoms with Crippen LogP contribution in [0.1, 0.15) is 34.1 Å². The lowest BCUT2D eigenvalue weighted by molar-refractivity contribution is -0.170. The lowest BCUT2D eigenvalue weighted by Gasteiger charge is -2.57. The maximum atomic E-state index is 12.2. The molecule has 5 nitrogen and oxygen atoms in total. The predicted molar refractivity (Wildman–Crippen MR) is 70.2 cm³/mol. The van der Waals surface area contributed by atoms with Crippen molar-refractivity contribution in [2.75, 3.05) is 20.3 Å². The molecule has 3 N–H and O–H groups in total. The molecular weight excluding hydrogens is 232 g/mol. The molecule has 0 aromatic heterocycles. The number of rotatable bonds is 6. The van der Waals surface area contributed by atoms with E-state index in [1.54, 1.807) is 7.11 Å². The number of nitrogens with two attached hydrogens (primary N) is 1. The van der Waals surface area contributed by atoms with E-state index >= 15 is 0 Å². The van der Waals surface area contributed by atoms with Crippen molar-refractivity contribution in [3.63, 3.8) is 0 Å². The second-order valence-electron chi connectivity index (χ2n) is 5.60. The summed E-state index contributed by atoms with van der Waals surface area (Å²) in [5, 5.41) is 2.85. The summed E-state index contributed by atoms with van der Waals surface area (Å²) >= 11 is 0. The van der Waals surface area contributed by atoms with Gasteiger partial charge in [0, 0.05) is 32.1 Å². The summed E-state index contributed by atoms with van der Waals surface area (Å²) in [6, 6.07) is 0. The molecule has 1 amide bonds. The monoisotopic (exact) mass is 258 g/mol. The average molecular weight is 258 g/mol. The van der Waals surface area contributed by atoms with E-state index in [0.717, 1.165) is 0 Å². The molecule has 106 valence electrons. The SMILES string of the molecule is CCOC1CC(N)(C(=O)NCC(C)OC)C1(C)C. The van der Waals surface area contributed by atoms with Gasteiger partial charge in [-0.3, -0.25) is 4.79 Å². The van der Waals surface area contributed by atoms with E-state index in [1.165, 1.54) is 0 Å². The second-order valence-corrected chi connectivity index (χ2v) is 5.60. The third-order valence-electron chi connectivity index (χ3n) is 4.19. The Kier molecular flexibility index (Phi) is 4.75. The lowest BCUT2D eigenvalue weighted by Crippen LogP contribution is -2.76. The van der Waals surface area contributed by atoms with Gasteiger partial charge in [0.25, 0.3) is 0 Å². The Balaban J connectivity index is 2.58. The molecule has 3 unspecified atom stereocenters. The number of carbonyl (C=O) groups is 1. The van der Waals surface area contributed by atoms with Gasteiger partial charge in [-0.2, -0.15) is 0 Å². The molecule has 18 heavy (non-hydrogen) atoms. The third-order valence-corrected chi connectivity index (χ3v) is 4.19. The molecule has 0 spiro atoms. The second kappa shape index (κ2) is 5.55. The summed E-state index contributed by atoms with van der Waals surface area (Å²) in [7, 11) is 1.62. The Hall–Kier alpha value is -0.650. The summed E-state index contributed by atoms with van der Waals surface area (Å²) in [4.78, 5) is 12.2. The smallest absolute Gasteiger partial charge is 0.240 e. The molecule has 0 radical (unpaired) electrons. The molecule has 0 aromatic carbocycles. The van der Waals surface area contributed by atoms with E-state index in [1.807, 2.05) is 27.7 Å². The van der Waals surface area contributed by atoms with Crippen LogP contribution in [0.2, 0.25) is 0 Å². The van der Waals surface area contributed by atoms with Crippen LogP contribution in [0.5, 0.6) is 0 Å². The van der Waals surface area contributed by atoms with Crippen LogP contribution in [0.25, 0.3) is 0 Å². The van der Waals surface area contributed by atoms with Gasteiger partial charge in [0.15, 0.2) is 0 Å². The van der Waals surface area contributed by atoms with Crippen molar-refractivity contribution in [1.29, 1.82) is 0 Å². The number of ether oxygens (including phenoxy) is 2. The van der Waals surface area contributed by atoms with Crippen molar-refractivity contribution >= 4 is 5.91 Å². The predicted octanol–water partition coefficient (Wildman–Crippen LogP) is 0.670. The Bertz CT molecular complexity index is 307. The van der Waals surface area contributed by atoms with Crippen LogP contribution in [-0.4, -0.2) is 43.9 Å². The zero-order valence-electron chi connectivity index (χ0n) is 12.1. The quantitative estimate of drug-likeness (QED) is 0.734. The van der Waals surface area contributed by atoms with Crippen molar-refractivity contribution in [3.05, 3.63) is 0 Å². The molecule has 5 heteroatoms. The standard InChI is InChI=1S/C13H26N2O3/c1-6-18-10-7-13(14,12(10,3)4)11(16)15-8-9(2)17-5/h9-10H,6-8,14H2,1-5H3,(H,15,16). The summed E-state index contributed by atoms with van der Waals surface area (Å²) in [6.07, 6.45) is 0.614. The highest BCUT2D eigenvalue weighted by molar-refractivity contribution is 5.88. The van der Waals surface area contributed by atoms with Crippen LogP contribution in [0.4, 0.5) is 0 Å². The van der Waals surface area contributed by atoms with Crippen LogP contribution >= 0.6 is 0 Å². The van der Waals surface area contributed by atoms with Gasteiger partial charge in [-0.05, 0) is 13.8 Å². The van der Waals surface area contributed by atoms with Gasteiger partial charge in [0.2, 0.25) is 5.91 Å². The van der Waals surface area contributed by atoms with E-state index in [0.29, 0.717) is 19.6 Å².